The number of benzene rings is 1. The Hall–Kier alpha value is -1.24. The Kier molecular flexibility index (Phi) is 10.5. The fourth-order valence-electron chi connectivity index (χ4n) is 5.91. The third-order valence-electron chi connectivity index (χ3n) is 8.20. The van der Waals surface area contributed by atoms with Crippen molar-refractivity contribution in [2.24, 2.45) is 5.41 Å². The lowest BCUT2D eigenvalue weighted by Crippen LogP contribution is -2.24. The van der Waals surface area contributed by atoms with Crippen molar-refractivity contribution in [2.45, 2.75) is 129 Å². The summed E-state index contributed by atoms with van der Waals surface area (Å²) in [6.45, 7) is 5.56. The van der Waals surface area contributed by atoms with Gasteiger partial charge in [-0.3, -0.25) is 0 Å². The van der Waals surface area contributed by atoms with Crippen LogP contribution in [0.1, 0.15) is 134 Å². The summed E-state index contributed by atoms with van der Waals surface area (Å²) in [4.78, 5) is 0. The molecule has 0 amide bonds. The predicted octanol–water partition coefficient (Wildman–Crippen LogP) is 9.76. The van der Waals surface area contributed by atoms with Gasteiger partial charge in [-0.1, -0.05) is 82.6 Å². The minimum Gasteiger partial charge on any atom is -0.494 e. The quantitative estimate of drug-likeness (QED) is 0.226. The molecule has 0 N–H and O–H groups in total. The molecule has 1 unspecified atom stereocenters. The van der Waals surface area contributed by atoms with Crippen LogP contribution < -0.4 is 4.74 Å². The number of hydrogen-bond acceptors (Lipinski definition) is 1. The van der Waals surface area contributed by atoms with Crippen LogP contribution in [0.3, 0.4) is 0 Å². The Morgan fingerprint density at radius 3 is 2.39 bits per heavy atom. The standard InChI is InChI=1S/C30H48O/c1-3-5-6-13-24-31-29-18-16-27(17-19-29)28(25-26-14-9-7-10-15-26)20-23-30(4-2)21-11-8-12-22-30/h14,16-19,28H,3-13,15,20-25H2,1-2H3. The molecular formula is C30H48O. The first-order valence-corrected chi connectivity index (χ1v) is 13.7. The van der Waals surface area contributed by atoms with Gasteiger partial charge in [-0.15, -0.1) is 0 Å². The molecule has 0 aliphatic heterocycles. The van der Waals surface area contributed by atoms with Gasteiger partial charge in [0.25, 0.3) is 0 Å². The summed E-state index contributed by atoms with van der Waals surface area (Å²) in [5.74, 6) is 1.72. The van der Waals surface area contributed by atoms with Crippen LogP contribution in [0.2, 0.25) is 0 Å². The van der Waals surface area contributed by atoms with E-state index in [1.165, 1.54) is 115 Å². The maximum absolute atomic E-state index is 6.01. The third kappa shape index (κ3) is 7.99. The van der Waals surface area contributed by atoms with Crippen molar-refractivity contribution in [2.75, 3.05) is 6.61 Å². The first kappa shape index (κ1) is 24.4. The second-order valence-corrected chi connectivity index (χ2v) is 10.4. The van der Waals surface area contributed by atoms with E-state index in [1.807, 2.05) is 0 Å². The summed E-state index contributed by atoms with van der Waals surface area (Å²) in [5, 5.41) is 0. The minimum atomic E-state index is 0.624. The zero-order valence-electron chi connectivity index (χ0n) is 20.6. The monoisotopic (exact) mass is 424 g/mol. The average Bonchev–Trinajstić information content (AvgIpc) is 2.83. The van der Waals surface area contributed by atoms with Gasteiger partial charge in [-0.25, -0.2) is 0 Å². The van der Waals surface area contributed by atoms with E-state index < -0.39 is 0 Å². The van der Waals surface area contributed by atoms with Gasteiger partial charge in [0.1, 0.15) is 5.75 Å². The smallest absolute Gasteiger partial charge is 0.119 e. The molecule has 3 rings (SSSR count). The average molecular weight is 425 g/mol. The number of rotatable bonds is 13. The second-order valence-electron chi connectivity index (χ2n) is 10.4. The SMILES string of the molecule is CCCCCCOc1ccc(C(CCC2(CC)CCCCC2)CC2=CCCCC2)cc1. The molecule has 0 spiro atoms. The highest BCUT2D eigenvalue weighted by Crippen LogP contribution is 2.45. The van der Waals surface area contributed by atoms with Crippen LogP contribution in [0.25, 0.3) is 0 Å². The Labute approximate surface area is 193 Å². The van der Waals surface area contributed by atoms with Crippen LogP contribution in [0.4, 0.5) is 0 Å². The molecule has 31 heavy (non-hydrogen) atoms. The molecule has 0 saturated heterocycles. The number of hydrogen-bond donors (Lipinski definition) is 0. The van der Waals surface area contributed by atoms with Gasteiger partial charge in [0.2, 0.25) is 0 Å². The summed E-state index contributed by atoms with van der Waals surface area (Å²) in [7, 11) is 0. The Morgan fingerprint density at radius 2 is 1.71 bits per heavy atom. The molecule has 2 aliphatic carbocycles. The highest BCUT2D eigenvalue weighted by atomic mass is 16.5. The molecule has 0 radical (unpaired) electrons. The van der Waals surface area contributed by atoms with Crippen LogP contribution in [-0.4, -0.2) is 6.61 Å². The molecule has 0 bridgehead atoms. The largest absolute Gasteiger partial charge is 0.494 e. The van der Waals surface area contributed by atoms with E-state index in [-0.39, 0.29) is 0 Å². The van der Waals surface area contributed by atoms with Crippen molar-refractivity contribution >= 4 is 0 Å². The first-order valence-electron chi connectivity index (χ1n) is 13.7. The van der Waals surface area contributed by atoms with E-state index in [9.17, 15) is 0 Å². The van der Waals surface area contributed by atoms with Crippen molar-refractivity contribution in [3.63, 3.8) is 0 Å². The van der Waals surface area contributed by atoms with Gasteiger partial charge in [0.15, 0.2) is 0 Å². The first-order chi connectivity index (χ1) is 15.2. The summed E-state index contributed by atoms with van der Waals surface area (Å²) < 4.78 is 6.01. The molecular weight excluding hydrogens is 376 g/mol. The molecule has 1 atom stereocenters. The summed E-state index contributed by atoms with van der Waals surface area (Å²) in [6.07, 6.45) is 25.7. The second kappa shape index (κ2) is 13.3. The minimum absolute atomic E-state index is 0.624. The molecule has 1 nitrogen and oxygen atoms in total. The summed E-state index contributed by atoms with van der Waals surface area (Å²) >= 11 is 0. The lowest BCUT2D eigenvalue weighted by Gasteiger charge is -2.38. The summed E-state index contributed by atoms with van der Waals surface area (Å²) in [5.41, 5.74) is 3.88. The van der Waals surface area contributed by atoms with E-state index >= 15 is 0 Å². The predicted molar refractivity (Wildman–Crippen MR) is 135 cm³/mol. The maximum atomic E-state index is 6.01. The molecule has 1 saturated carbocycles. The molecule has 174 valence electrons. The van der Waals surface area contributed by atoms with Crippen LogP contribution in [0, 0.1) is 5.41 Å². The van der Waals surface area contributed by atoms with E-state index in [2.05, 4.69) is 44.2 Å². The topological polar surface area (TPSA) is 9.23 Å². The zero-order valence-corrected chi connectivity index (χ0v) is 20.6. The lowest BCUT2D eigenvalue weighted by atomic mass is 9.68. The maximum Gasteiger partial charge on any atom is 0.119 e. The fraction of sp³-hybridized carbons (Fsp3) is 0.733. The third-order valence-corrected chi connectivity index (χ3v) is 8.20. The molecule has 1 aromatic carbocycles. The van der Waals surface area contributed by atoms with Crippen molar-refractivity contribution < 1.29 is 4.74 Å². The Balaban J connectivity index is 1.62. The highest BCUT2D eigenvalue weighted by Gasteiger charge is 2.31. The number of allylic oxidation sites excluding steroid dienone is 2. The molecule has 0 aromatic heterocycles. The van der Waals surface area contributed by atoms with Crippen LogP contribution >= 0.6 is 0 Å². The van der Waals surface area contributed by atoms with Crippen LogP contribution in [-0.2, 0) is 0 Å². The van der Waals surface area contributed by atoms with Gasteiger partial charge in [-0.2, -0.15) is 0 Å². The van der Waals surface area contributed by atoms with Crippen LogP contribution in [0.15, 0.2) is 35.9 Å². The van der Waals surface area contributed by atoms with E-state index in [1.54, 1.807) is 5.57 Å². The van der Waals surface area contributed by atoms with Crippen molar-refractivity contribution in [3.05, 3.63) is 41.5 Å². The summed E-state index contributed by atoms with van der Waals surface area (Å²) in [6, 6.07) is 9.20. The Morgan fingerprint density at radius 1 is 0.903 bits per heavy atom. The molecule has 1 aromatic rings. The van der Waals surface area contributed by atoms with E-state index in [0.717, 1.165) is 12.4 Å². The molecule has 0 heterocycles. The van der Waals surface area contributed by atoms with Crippen LogP contribution in [0.5, 0.6) is 5.75 Å². The number of unbranched alkanes of at least 4 members (excludes halogenated alkanes) is 3. The lowest BCUT2D eigenvalue weighted by molar-refractivity contribution is 0.156. The zero-order chi connectivity index (χ0) is 21.8. The van der Waals surface area contributed by atoms with E-state index in [4.69, 9.17) is 4.74 Å². The molecule has 1 heteroatoms. The number of ether oxygens (including phenoxy) is 1. The van der Waals surface area contributed by atoms with Gasteiger partial charge < -0.3 is 4.74 Å². The van der Waals surface area contributed by atoms with Crippen molar-refractivity contribution in [3.8, 4) is 5.75 Å². The highest BCUT2D eigenvalue weighted by molar-refractivity contribution is 5.30. The molecule has 1 fully saturated rings. The van der Waals surface area contributed by atoms with Gasteiger partial charge in [0, 0.05) is 0 Å². The fourth-order valence-corrected chi connectivity index (χ4v) is 5.91. The Bertz CT molecular complexity index is 635. The van der Waals surface area contributed by atoms with Gasteiger partial charge in [0.05, 0.1) is 6.61 Å². The van der Waals surface area contributed by atoms with Gasteiger partial charge in [-0.05, 0) is 93.2 Å². The van der Waals surface area contributed by atoms with Crippen molar-refractivity contribution in [1.29, 1.82) is 0 Å². The normalized spacial score (nSPS) is 19.6. The van der Waals surface area contributed by atoms with Gasteiger partial charge >= 0.3 is 0 Å². The van der Waals surface area contributed by atoms with E-state index in [0.29, 0.717) is 11.3 Å². The van der Waals surface area contributed by atoms with Crippen molar-refractivity contribution in [1.82, 2.24) is 0 Å². The molecule has 2 aliphatic rings.